The van der Waals surface area contributed by atoms with Gasteiger partial charge in [0.15, 0.2) is 0 Å². The first-order chi connectivity index (χ1) is 11.0. The number of hydrogen-bond acceptors (Lipinski definition) is 3. The Balaban J connectivity index is 2.17. The van der Waals surface area contributed by atoms with Crippen LogP contribution >= 0.6 is 11.6 Å². The monoisotopic (exact) mass is 333 g/mol. The van der Waals surface area contributed by atoms with E-state index in [4.69, 9.17) is 16.3 Å². The number of halogens is 1. The van der Waals surface area contributed by atoms with Crippen molar-refractivity contribution < 1.29 is 19.4 Å². The smallest absolute Gasteiger partial charge is 0.415 e. The van der Waals surface area contributed by atoms with Gasteiger partial charge in [0.25, 0.3) is 0 Å². The number of carbonyl (C=O) groups is 2. The van der Waals surface area contributed by atoms with Crippen LogP contribution in [0, 0.1) is 0 Å². The number of anilines is 1. The van der Waals surface area contributed by atoms with Gasteiger partial charge in [-0.15, -0.1) is 0 Å². The van der Waals surface area contributed by atoms with Gasteiger partial charge >= 0.3 is 12.1 Å². The highest BCUT2D eigenvalue weighted by molar-refractivity contribution is 6.30. The van der Waals surface area contributed by atoms with Crippen LogP contribution in [-0.2, 0) is 16.1 Å². The molecular formula is C17H16ClNO4. The molecule has 5 nitrogen and oxygen atoms in total. The normalized spacial score (nSPS) is 11.6. The highest BCUT2D eigenvalue weighted by Gasteiger charge is 2.28. The first kappa shape index (κ1) is 16.8. The summed E-state index contributed by atoms with van der Waals surface area (Å²) in [5.74, 6) is -1.13. The first-order valence-electron chi connectivity index (χ1n) is 6.97. The molecule has 1 unspecified atom stereocenters. The highest BCUT2D eigenvalue weighted by Crippen LogP contribution is 2.21. The molecule has 0 aliphatic heterocycles. The van der Waals surface area contributed by atoms with Crippen LogP contribution in [0.4, 0.5) is 10.5 Å². The summed E-state index contributed by atoms with van der Waals surface area (Å²) in [6, 6.07) is 14.4. The Kier molecular flexibility index (Phi) is 5.60. The number of hydrogen-bond donors (Lipinski definition) is 1. The molecule has 23 heavy (non-hydrogen) atoms. The standard InChI is InChI=1S/C17H16ClNO4/c1-12(16(20)21)19(15-9-7-14(18)8-10-15)17(22)23-11-13-5-3-2-4-6-13/h2-10,12H,11H2,1H3,(H,20,21). The molecule has 0 heterocycles. The lowest BCUT2D eigenvalue weighted by Crippen LogP contribution is -2.43. The maximum atomic E-state index is 12.4. The molecule has 0 aliphatic carbocycles. The fourth-order valence-electron chi connectivity index (χ4n) is 1.99. The van der Waals surface area contributed by atoms with Crippen molar-refractivity contribution in [1.82, 2.24) is 0 Å². The number of benzene rings is 2. The SMILES string of the molecule is CC(C(=O)O)N(C(=O)OCc1ccccc1)c1ccc(Cl)cc1. The molecule has 0 radical (unpaired) electrons. The molecule has 120 valence electrons. The zero-order valence-electron chi connectivity index (χ0n) is 12.5. The highest BCUT2D eigenvalue weighted by atomic mass is 35.5. The number of aliphatic carboxylic acids is 1. The minimum atomic E-state index is -1.13. The van der Waals surface area contributed by atoms with E-state index < -0.39 is 18.1 Å². The van der Waals surface area contributed by atoms with Crippen molar-refractivity contribution >= 4 is 29.4 Å². The van der Waals surface area contributed by atoms with Crippen LogP contribution in [0.1, 0.15) is 12.5 Å². The van der Waals surface area contributed by atoms with Crippen molar-refractivity contribution in [2.75, 3.05) is 4.90 Å². The number of carboxylic acid groups (broad SMARTS) is 1. The topological polar surface area (TPSA) is 66.8 Å². The van der Waals surface area contributed by atoms with Crippen molar-refractivity contribution in [3.8, 4) is 0 Å². The molecule has 0 aliphatic rings. The molecule has 1 atom stereocenters. The van der Waals surface area contributed by atoms with Crippen LogP contribution < -0.4 is 4.90 Å². The van der Waals surface area contributed by atoms with Gasteiger partial charge in [-0.1, -0.05) is 41.9 Å². The van der Waals surface area contributed by atoms with E-state index in [-0.39, 0.29) is 6.61 Å². The third-order valence-corrected chi connectivity index (χ3v) is 3.50. The van der Waals surface area contributed by atoms with Crippen LogP contribution in [-0.4, -0.2) is 23.2 Å². The fraction of sp³-hybridized carbons (Fsp3) is 0.176. The summed E-state index contributed by atoms with van der Waals surface area (Å²) in [4.78, 5) is 24.7. The molecule has 1 amide bonds. The zero-order valence-corrected chi connectivity index (χ0v) is 13.2. The number of rotatable bonds is 5. The van der Waals surface area contributed by atoms with Crippen molar-refractivity contribution in [2.24, 2.45) is 0 Å². The maximum absolute atomic E-state index is 12.4. The summed E-state index contributed by atoms with van der Waals surface area (Å²) in [6.07, 6.45) is -0.730. The van der Waals surface area contributed by atoms with E-state index in [0.29, 0.717) is 10.7 Å². The lowest BCUT2D eigenvalue weighted by atomic mass is 10.2. The molecule has 0 fully saturated rings. The van der Waals surface area contributed by atoms with Gasteiger partial charge in [-0.05, 0) is 36.8 Å². The second-order valence-corrected chi connectivity index (χ2v) is 5.34. The Bertz CT molecular complexity index is 673. The number of nitrogens with zero attached hydrogens (tertiary/aromatic N) is 1. The van der Waals surface area contributed by atoms with Gasteiger partial charge < -0.3 is 9.84 Å². The zero-order chi connectivity index (χ0) is 16.8. The molecule has 1 N–H and O–H groups in total. The van der Waals surface area contributed by atoms with Gasteiger partial charge in [-0.2, -0.15) is 0 Å². The predicted molar refractivity (Wildman–Crippen MR) is 87.7 cm³/mol. The van der Waals surface area contributed by atoms with Crippen LogP contribution in [0.5, 0.6) is 0 Å². The predicted octanol–water partition coefficient (Wildman–Crippen LogP) is 3.96. The largest absolute Gasteiger partial charge is 0.480 e. The summed E-state index contributed by atoms with van der Waals surface area (Å²) < 4.78 is 5.24. The quantitative estimate of drug-likeness (QED) is 0.899. The minimum Gasteiger partial charge on any atom is -0.480 e. The molecule has 0 spiro atoms. The molecule has 2 aromatic carbocycles. The molecule has 0 bridgehead atoms. The van der Waals surface area contributed by atoms with Crippen LogP contribution in [0.25, 0.3) is 0 Å². The Labute approximate surface area is 139 Å². The van der Waals surface area contributed by atoms with E-state index in [1.165, 1.54) is 6.92 Å². The third kappa shape index (κ3) is 4.47. The lowest BCUT2D eigenvalue weighted by molar-refractivity contribution is -0.138. The number of carboxylic acids is 1. The summed E-state index contributed by atoms with van der Waals surface area (Å²) in [7, 11) is 0. The molecule has 2 aromatic rings. The Morgan fingerprint density at radius 1 is 1.13 bits per heavy atom. The fourth-order valence-corrected chi connectivity index (χ4v) is 2.11. The lowest BCUT2D eigenvalue weighted by Gasteiger charge is -2.25. The second kappa shape index (κ2) is 7.65. The maximum Gasteiger partial charge on any atom is 0.415 e. The van der Waals surface area contributed by atoms with Gasteiger partial charge in [0.05, 0.1) is 0 Å². The minimum absolute atomic E-state index is 0.0656. The van der Waals surface area contributed by atoms with Crippen LogP contribution in [0.2, 0.25) is 5.02 Å². The van der Waals surface area contributed by atoms with Crippen LogP contribution in [0.15, 0.2) is 54.6 Å². The molecule has 0 aromatic heterocycles. The van der Waals surface area contributed by atoms with E-state index >= 15 is 0 Å². The number of amides is 1. The molecule has 0 saturated heterocycles. The summed E-state index contributed by atoms with van der Waals surface area (Å²) >= 11 is 5.83. The van der Waals surface area contributed by atoms with Gasteiger partial charge in [-0.25, -0.2) is 9.59 Å². The van der Waals surface area contributed by atoms with Gasteiger partial charge in [0.1, 0.15) is 12.6 Å². The van der Waals surface area contributed by atoms with Crippen molar-refractivity contribution in [2.45, 2.75) is 19.6 Å². The van der Waals surface area contributed by atoms with E-state index in [2.05, 4.69) is 0 Å². The van der Waals surface area contributed by atoms with E-state index in [1.54, 1.807) is 24.3 Å². The average Bonchev–Trinajstić information content (AvgIpc) is 2.55. The van der Waals surface area contributed by atoms with Gasteiger partial charge in [0.2, 0.25) is 0 Å². The summed E-state index contributed by atoms with van der Waals surface area (Å²) in [5.41, 5.74) is 1.22. The van der Waals surface area contributed by atoms with Crippen LogP contribution in [0.3, 0.4) is 0 Å². The summed E-state index contributed by atoms with van der Waals surface area (Å²) in [6.45, 7) is 1.48. The van der Waals surface area contributed by atoms with Crippen molar-refractivity contribution in [3.63, 3.8) is 0 Å². The number of ether oxygens (including phenoxy) is 1. The van der Waals surface area contributed by atoms with E-state index in [1.807, 2.05) is 30.3 Å². The Morgan fingerprint density at radius 2 is 1.74 bits per heavy atom. The average molecular weight is 334 g/mol. The Hall–Kier alpha value is -2.53. The summed E-state index contributed by atoms with van der Waals surface area (Å²) in [5, 5.41) is 9.72. The third-order valence-electron chi connectivity index (χ3n) is 3.25. The van der Waals surface area contributed by atoms with Gasteiger partial charge in [0, 0.05) is 10.7 Å². The van der Waals surface area contributed by atoms with Crippen molar-refractivity contribution in [3.05, 3.63) is 65.2 Å². The van der Waals surface area contributed by atoms with Gasteiger partial charge in [-0.3, -0.25) is 4.90 Å². The first-order valence-corrected chi connectivity index (χ1v) is 7.35. The molecule has 0 saturated carbocycles. The molecule has 6 heteroatoms. The Morgan fingerprint density at radius 3 is 2.30 bits per heavy atom. The second-order valence-electron chi connectivity index (χ2n) is 4.90. The molecule has 2 rings (SSSR count). The van der Waals surface area contributed by atoms with E-state index in [9.17, 15) is 14.7 Å². The van der Waals surface area contributed by atoms with E-state index in [0.717, 1.165) is 10.5 Å². The van der Waals surface area contributed by atoms with Crippen molar-refractivity contribution in [1.29, 1.82) is 0 Å². The number of carbonyl (C=O) groups excluding carboxylic acids is 1. The molecular weight excluding hydrogens is 318 g/mol.